The van der Waals surface area contributed by atoms with Gasteiger partial charge in [0.25, 0.3) is 0 Å². The van der Waals surface area contributed by atoms with Gasteiger partial charge in [-0.15, -0.1) is 0 Å². The Labute approximate surface area is 140 Å². The van der Waals surface area contributed by atoms with E-state index in [0.717, 1.165) is 37.3 Å². The number of para-hydroxylation sites is 1. The third-order valence-corrected chi connectivity index (χ3v) is 4.38. The highest BCUT2D eigenvalue weighted by Gasteiger charge is 2.21. The van der Waals surface area contributed by atoms with Gasteiger partial charge in [-0.1, -0.05) is 25.1 Å². The molecule has 0 aromatic heterocycles. The van der Waals surface area contributed by atoms with E-state index in [-0.39, 0.29) is 0 Å². The molecule has 1 aliphatic rings. The van der Waals surface area contributed by atoms with Gasteiger partial charge in [0.05, 0.1) is 6.54 Å². The average Bonchev–Trinajstić information content (AvgIpc) is 3.04. The number of nitrogens with one attached hydrogen (secondary N) is 1. The van der Waals surface area contributed by atoms with E-state index in [9.17, 15) is 0 Å². The van der Waals surface area contributed by atoms with E-state index >= 15 is 0 Å². The summed E-state index contributed by atoms with van der Waals surface area (Å²) in [5, 5.41) is 3.50. The number of likely N-dealkylation sites (tertiary alicyclic amines) is 1. The molecule has 5 heteroatoms. The van der Waals surface area contributed by atoms with Crippen molar-refractivity contribution in [2.75, 3.05) is 53.4 Å². The van der Waals surface area contributed by atoms with E-state index in [1.54, 1.807) is 0 Å². The third kappa shape index (κ3) is 5.75. The molecule has 0 bridgehead atoms. The Balaban J connectivity index is 1.68. The first-order valence-electron chi connectivity index (χ1n) is 8.55. The van der Waals surface area contributed by atoms with E-state index in [1.165, 1.54) is 19.5 Å². The fourth-order valence-corrected chi connectivity index (χ4v) is 2.91. The second kappa shape index (κ2) is 9.40. The quantitative estimate of drug-likeness (QED) is 0.616. The molecular formula is C18H30N4O. The van der Waals surface area contributed by atoms with Crippen molar-refractivity contribution >= 4 is 5.96 Å². The van der Waals surface area contributed by atoms with E-state index in [1.807, 2.05) is 37.4 Å². The maximum absolute atomic E-state index is 5.75. The zero-order valence-electron chi connectivity index (χ0n) is 14.7. The van der Waals surface area contributed by atoms with Crippen LogP contribution in [0.5, 0.6) is 5.75 Å². The van der Waals surface area contributed by atoms with E-state index in [2.05, 4.69) is 34.1 Å². The Hall–Kier alpha value is -1.75. The number of benzene rings is 1. The van der Waals surface area contributed by atoms with Crippen LogP contribution < -0.4 is 10.1 Å². The summed E-state index contributed by atoms with van der Waals surface area (Å²) >= 11 is 0. The topological polar surface area (TPSA) is 40.1 Å². The monoisotopic (exact) mass is 318 g/mol. The molecule has 1 aliphatic heterocycles. The number of aliphatic imine (C=N–C) groups is 1. The van der Waals surface area contributed by atoms with Gasteiger partial charge in [-0.05, 0) is 37.6 Å². The molecule has 0 radical (unpaired) electrons. The maximum atomic E-state index is 5.75. The van der Waals surface area contributed by atoms with Gasteiger partial charge in [0.1, 0.15) is 12.4 Å². The zero-order valence-corrected chi connectivity index (χ0v) is 14.7. The molecule has 1 atom stereocenters. The summed E-state index contributed by atoms with van der Waals surface area (Å²) in [5.74, 6) is 2.58. The van der Waals surface area contributed by atoms with Gasteiger partial charge in [0.15, 0.2) is 5.96 Å². The number of ether oxygens (including phenoxy) is 1. The normalized spacial score (nSPS) is 18.9. The first-order valence-corrected chi connectivity index (χ1v) is 8.55. The van der Waals surface area contributed by atoms with Crippen LogP contribution in [0.25, 0.3) is 0 Å². The summed E-state index contributed by atoms with van der Waals surface area (Å²) in [6, 6.07) is 9.92. The van der Waals surface area contributed by atoms with Crippen LogP contribution in [0, 0.1) is 5.92 Å². The highest BCUT2D eigenvalue weighted by molar-refractivity contribution is 5.79. The number of guanidine groups is 1. The third-order valence-electron chi connectivity index (χ3n) is 4.38. The largest absolute Gasteiger partial charge is 0.492 e. The van der Waals surface area contributed by atoms with Gasteiger partial charge >= 0.3 is 0 Å². The van der Waals surface area contributed by atoms with Crippen molar-refractivity contribution in [3.8, 4) is 5.75 Å². The van der Waals surface area contributed by atoms with E-state index in [4.69, 9.17) is 4.74 Å². The number of hydrogen-bond acceptors (Lipinski definition) is 3. The lowest BCUT2D eigenvalue weighted by molar-refractivity contribution is 0.280. The summed E-state index contributed by atoms with van der Waals surface area (Å²) < 4.78 is 5.75. The van der Waals surface area contributed by atoms with Crippen LogP contribution in [-0.4, -0.2) is 69.2 Å². The second-order valence-electron chi connectivity index (χ2n) is 6.06. The van der Waals surface area contributed by atoms with Gasteiger partial charge < -0.3 is 19.9 Å². The van der Waals surface area contributed by atoms with Crippen molar-refractivity contribution in [2.45, 2.75) is 13.3 Å². The van der Waals surface area contributed by atoms with Crippen LogP contribution >= 0.6 is 0 Å². The fraction of sp³-hybridized carbons (Fsp3) is 0.611. The lowest BCUT2D eigenvalue weighted by atomic mass is 10.1. The molecule has 5 nitrogen and oxygen atoms in total. The molecule has 1 aromatic rings. The Morgan fingerprint density at radius 1 is 1.39 bits per heavy atom. The molecule has 0 amide bonds. The minimum atomic E-state index is 0.647. The van der Waals surface area contributed by atoms with Gasteiger partial charge in [-0.3, -0.25) is 4.99 Å². The number of likely N-dealkylation sites (N-methyl/N-ethyl adjacent to an activating group) is 1. The standard InChI is InChI=1S/C18H30N4O/c1-4-22-11-10-16(15-22)14-20-18(19-2)21(3)12-13-23-17-8-6-5-7-9-17/h5-9,16H,4,10-15H2,1-3H3,(H,19,20). The molecule has 0 saturated carbocycles. The fourth-order valence-electron chi connectivity index (χ4n) is 2.91. The molecule has 0 aliphatic carbocycles. The van der Waals surface area contributed by atoms with Crippen LogP contribution in [0.1, 0.15) is 13.3 Å². The van der Waals surface area contributed by atoms with Crippen molar-refractivity contribution in [3.63, 3.8) is 0 Å². The Morgan fingerprint density at radius 3 is 2.83 bits per heavy atom. The minimum absolute atomic E-state index is 0.647. The molecule has 1 unspecified atom stereocenters. The van der Waals surface area contributed by atoms with Crippen LogP contribution in [-0.2, 0) is 0 Å². The van der Waals surface area contributed by atoms with Crippen molar-refractivity contribution in [1.29, 1.82) is 0 Å². The van der Waals surface area contributed by atoms with E-state index < -0.39 is 0 Å². The predicted octanol–water partition coefficient (Wildman–Crippen LogP) is 1.91. The van der Waals surface area contributed by atoms with Gasteiger partial charge in [0.2, 0.25) is 0 Å². The van der Waals surface area contributed by atoms with Gasteiger partial charge in [-0.25, -0.2) is 0 Å². The molecule has 1 saturated heterocycles. The number of hydrogen-bond donors (Lipinski definition) is 1. The first-order chi connectivity index (χ1) is 11.2. The zero-order chi connectivity index (χ0) is 16.5. The molecule has 0 spiro atoms. The van der Waals surface area contributed by atoms with Crippen molar-refractivity contribution < 1.29 is 4.74 Å². The molecule has 1 fully saturated rings. The lowest BCUT2D eigenvalue weighted by Crippen LogP contribution is -2.43. The maximum Gasteiger partial charge on any atom is 0.193 e. The summed E-state index contributed by atoms with van der Waals surface area (Å²) in [6.07, 6.45) is 1.28. The summed E-state index contributed by atoms with van der Waals surface area (Å²) in [4.78, 5) is 9.00. The molecule has 23 heavy (non-hydrogen) atoms. The molecule has 1 N–H and O–H groups in total. The molecule has 1 heterocycles. The predicted molar refractivity (Wildman–Crippen MR) is 96.1 cm³/mol. The minimum Gasteiger partial charge on any atom is -0.492 e. The van der Waals surface area contributed by atoms with Crippen molar-refractivity contribution in [2.24, 2.45) is 10.9 Å². The van der Waals surface area contributed by atoms with Gasteiger partial charge in [-0.2, -0.15) is 0 Å². The van der Waals surface area contributed by atoms with Crippen molar-refractivity contribution in [1.82, 2.24) is 15.1 Å². The molecule has 1 aromatic carbocycles. The summed E-state index contributed by atoms with van der Waals surface area (Å²) in [6.45, 7) is 8.25. The lowest BCUT2D eigenvalue weighted by Gasteiger charge is -2.23. The molecule has 2 rings (SSSR count). The number of nitrogens with zero attached hydrogens (tertiary/aromatic N) is 3. The average molecular weight is 318 g/mol. The molecule has 128 valence electrons. The molecular weight excluding hydrogens is 288 g/mol. The van der Waals surface area contributed by atoms with Crippen LogP contribution in [0.3, 0.4) is 0 Å². The first kappa shape index (κ1) is 17.6. The van der Waals surface area contributed by atoms with Crippen LogP contribution in [0.2, 0.25) is 0 Å². The Morgan fingerprint density at radius 2 is 2.17 bits per heavy atom. The summed E-state index contributed by atoms with van der Waals surface area (Å²) in [7, 11) is 3.89. The van der Waals surface area contributed by atoms with E-state index in [0.29, 0.717) is 6.61 Å². The highest BCUT2D eigenvalue weighted by atomic mass is 16.5. The second-order valence-corrected chi connectivity index (χ2v) is 6.06. The van der Waals surface area contributed by atoms with Gasteiger partial charge in [0, 0.05) is 27.2 Å². The van der Waals surface area contributed by atoms with Crippen LogP contribution in [0.4, 0.5) is 0 Å². The highest BCUT2D eigenvalue weighted by Crippen LogP contribution is 2.14. The van der Waals surface area contributed by atoms with Crippen LogP contribution in [0.15, 0.2) is 35.3 Å². The summed E-state index contributed by atoms with van der Waals surface area (Å²) in [5.41, 5.74) is 0. The smallest absolute Gasteiger partial charge is 0.193 e. The number of rotatable bonds is 7. The Kier molecular flexibility index (Phi) is 7.20. The Bertz CT molecular complexity index is 477. The van der Waals surface area contributed by atoms with Crippen molar-refractivity contribution in [3.05, 3.63) is 30.3 Å². The SMILES string of the molecule is CCN1CCC(CNC(=NC)N(C)CCOc2ccccc2)C1.